The Labute approximate surface area is 222 Å². The number of ether oxygens (including phenoxy) is 1. The number of hydrogen-bond acceptors (Lipinski definition) is 10. The van der Waals surface area contributed by atoms with Crippen LogP contribution in [0.1, 0.15) is 12.5 Å². The zero-order valence-corrected chi connectivity index (χ0v) is 21.2. The van der Waals surface area contributed by atoms with Gasteiger partial charge in [0.15, 0.2) is 5.71 Å². The van der Waals surface area contributed by atoms with Crippen molar-refractivity contribution in [3.63, 3.8) is 0 Å². The molecule has 12 nitrogen and oxygen atoms in total. The molecule has 1 fully saturated rings. The number of nitrogens with zero attached hydrogens (tertiary/aromatic N) is 2. The summed E-state index contributed by atoms with van der Waals surface area (Å²) in [4.78, 5) is 64.4. The molecule has 0 radical (unpaired) electrons. The smallest absolute Gasteiger partial charge is 0.367 e. The van der Waals surface area contributed by atoms with E-state index in [1.165, 1.54) is 12.1 Å². The van der Waals surface area contributed by atoms with Crippen LogP contribution < -0.4 is 5.32 Å². The number of alkyl halides is 2. The molecule has 3 N–H and O–H groups in total. The molecule has 2 atom stereocenters. The molecule has 0 aliphatic carbocycles. The number of carboxylic acids is 1. The van der Waals surface area contributed by atoms with Gasteiger partial charge in [-0.05, 0) is 18.2 Å². The van der Waals surface area contributed by atoms with Crippen molar-refractivity contribution in [1.82, 2.24) is 10.2 Å². The van der Waals surface area contributed by atoms with Gasteiger partial charge in [0, 0.05) is 23.8 Å². The first-order valence-electron chi connectivity index (χ1n) is 9.82. The molecule has 0 aromatic heterocycles. The number of benzene rings is 1. The number of amides is 2. The number of thioether (sulfide) groups is 1. The van der Waals surface area contributed by atoms with Gasteiger partial charge in [-0.1, -0.05) is 40.0 Å². The molecule has 0 spiro atoms. The SMILES string of the molecule is CC(=O)OCC1=C(C(=O)O)N2C(=O)[C@@H](NC(=O)C(=NOC(=O)C(Cl)Cl)c3ccc(O)c(Cl)c3)[C@H]2SC1. The first kappa shape index (κ1) is 27.6. The van der Waals surface area contributed by atoms with Gasteiger partial charge in [-0.25, -0.2) is 9.59 Å². The van der Waals surface area contributed by atoms with Gasteiger partial charge in [0.25, 0.3) is 11.8 Å². The highest BCUT2D eigenvalue weighted by Crippen LogP contribution is 2.40. The number of rotatable bonds is 8. The zero-order chi connectivity index (χ0) is 26.7. The summed E-state index contributed by atoms with van der Waals surface area (Å²) in [6.45, 7) is 0.863. The molecule has 0 bridgehead atoms. The number of aromatic hydroxyl groups is 1. The van der Waals surface area contributed by atoms with Gasteiger partial charge in [-0.3, -0.25) is 19.3 Å². The van der Waals surface area contributed by atoms with Crippen molar-refractivity contribution >= 4 is 82.0 Å². The van der Waals surface area contributed by atoms with E-state index in [4.69, 9.17) is 39.5 Å². The lowest BCUT2D eigenvalue weighted by Gasteiger charge is -2.49. The average molecular weight is 581 g/mol. The number of esters is 1. The Balaban J connectivity index is 1.84. The fourth-order valence-electron chi connectivity index (χ4n) is 3.20. The number of fused-ring (bicyclic) bond motifs is 1. The standard InChI is InChI=1S/C20H16Cl3N3O9S/c1-7(27)34-5-9-6-36-18-13(17(30)26(18)14(9)19(31)32)24-16(29)12(25-35-20(33)15(22)23)8-2-3-11(28)10(21)4-8/h2-4,13,15,18,28H,5-6H2,1H3,(H,24,29)(H,31,32)/t13-,18-/m1/s1. The zero-order valence-electron chi connectivity index (χ0n) is 18.1. The number of phenolic OH excluding ortho intramolecular Hbond substituents is 1. The Kier molecular flexibility index (Phi) is 8.71. The van der Waals surface area contributed by atoms with Gasteiger partial charge >= 0.3 is 17.9 Å². The van der Waals surface area contributed by atoms with E-state index in [-0.39, 0.29) is 40.0 Å². The van der Waals surface area contributed by atoms with Crippen LogP contribution in [-0.4, -0.2) is 79.2 Å². The minimum absolute atomic E-state index is 0.0125. The fraction of sp³-hybridized carbons (Fsp3) is 0.300. The molecule has 1 aromatic carbocycles. The van der Waals surface area contributed by atoms with Gasteiger partial charge in [0.2, 0.25) is 4.84 Å². The van der Waals surface area contributed by atoms with Crippen LogP contribution in [0.2, 0.25) is 5.02 Å². The van der Waals surface area contributed by atoms with Crippen LogP contribution in [0.5, 0.6) is 5.75 Å². The van der Waals surface area contributed by atoms with E-state index >= 15 is 0 Å². The Morgan fingerprint density at radius 3 is 2.58 bits per heavy atom. The van der Waals surface area contributed by atoms with E-state index in [1.54, 1.807) is 0 Å². The van der Waals surface area contributed by atoms with E-state index in [9.17, 15) is 34.2 Å². The molecule has 36 heavy (non-hydrogen) atoms. The number of hydrogen-bond donors (Lipinski definition) is 3. The summed E-state index contributed by atoms with van der Waals surface area (Å²) in [5.41, 5.74) is -0.602. The molecule has 1 aromatic rings. The second-order valence-corrected chi connectivity index (χ2v) is 9.82. The number of halogens is 3. The van der Waals surface area contributed by atoms with E-state index in [0.717, 1.165) is 29.7 Å². The maximum absolute atomic E-state index is 13.0. The second-order valence-electron chi connectivity index (χ2n) is 7.22. The van der Waals surface area contributed by atoms with Gasteiger partial charge in [-0.15, -0.1) is 11.8 Å². The van der Waals surface area contributed by atoms with Crippen molar-refractivity contribution in [3.8, 4) is 5.75 Å². The third-order valence-electron chi connectivity index (χ3n) is 4.83. The van der Waals surface area contributed by atoms with E-state index < -0.39 is 51.7 Å². The molecule has 2 amide bonds. The number of oxime groups is 1. The van der Waals surface area contributed by atoms with Crippen LogP contribution in [0.25, 0.3) is 0 Å². The number of carbonyl (C=O) groups excluding carboxylic acids is 4. The summed E-state index contributed by atoms with van der Waals surface area (Å²) in [6.07, 6.45) is 0. The number of nitrogens with one attached hydrogen (secondary N) is 1. The highest BCUT2D eigenvalue weighted by molar-refractivity contribution is 8.00. The Morgan fingerprint density at radius 1 is 1.31 bits per heavy atom. The quantitative estimate of drug-likeness (QED) is 0.102. The highest BCUT2D eigenvalue weighted by atomic mass is 35.5. The number of carbonyl (C=O) groups is 5. The van der Waals surface area contributed by atoms with Crippen molar-refractivity contribution in [3.05, 3.63) is 40.1 Å². The third-order valence-corrected chi connectivity index (χ3v) is 6.83. The molecule has 1 saturated heterocycles. The van der Waals surface area contributed by atoms with Gasteiger partial charge in [-0.2, -0.15) is 0 Å². The summed E-state index contributed by atoms with van der Waals surface area (Å²) >= 11 is 17.9. The van der Waals surface area contributed by atoms with Crippen LogP contribution in [0.3, 0.4) is 0 Å². The Morgan fingerprint density at radius 2 is 2.00 bits per heavy atom. The number of aliphatic carboxylic acids is 1. The maximum Gasteiger partial charge on any atom is 0.367 e. The van der Waals surface area contributed by atoms with Crippen LogP contribution in [0.4, 0.5) is 0 Å². The van der Waals surface area contributed by atoms with Crippen molar-refractivity contribution in [2.75, 3.05) is 12.4 Å². The molecule has 16 heteroatoms. The van der Waals surface area contributed by atoms with Crippen LogP contribution in [-0.2, 0) is 33.5 Å². The summed E-state index contributed by atoms with van der Waals surface area (Å²) in [5, 5.41) is 24.3. The molecule has 192 valence electrons. The fourth-order valence-corrected chi connectivity index (χ4v) is 4.79. The summed E-state index contributed by atoms with van der Waals surface area (Å²) < 4.78 is 4.87. The van der Waals surface area contributed by atoms with Crippen LogP contribution in [0, 0.1) is 0 Å². The molecular formula is C20H16Cl3N3O9S. The van der Waals surface area contributed by atoms with Gasteiger partial charge in [0.05, 0.1) is 5.02 Å². The lowest BCUT2D eigenvalue weighted by atomic mass is 10.0. The monoisotopic (exact) mass is 579 g/mol. The minimum Gasteiger partial charge on any atom is -0.506 e. The number of phenols is 1. The third kappa shape index (κ3) is 5.86. The van der Waals surface area contributed by atoms with Crippen molar-refractivity contribution in [1.29, 1.82) is 0 Å². The van der Waals surface area contributed by atoms with Gasteiger partial charge < -0.3 is 25.1 Å². The summed E-state index contributed by atoms with van der Waals surface area (Å²) in [5.74, 6) is -5.08. The largest absolute Gasteiger partial charge is 0.506 e. The molecule has 2 aliphatic rings. The lowest BCUT2D eigenvalue weighted by molar-refractivity contribution is -0.150. The molecule has 2 heterocycles. The Hall–Kier alpha value is -3.00. The predicted molar refractivity (Wildman–Crippen MR) is 128 cm³/mol. The minimum atomic E-state index is -1.59. The van der Waals surface area contributed by atoms with Crippen molar-refractivity contribution in [2.24, 2.45) is 5.16 Å². The second kappa shape index (κ2) is 11.4. The van der Waals surface area contributed by atoms with Gasteiger partial charge in [0.1, 0.15) is 29.5 Å². The van der Waals surface area contributed by atoms with Crippen molar-refractivity contribution < 1.29 is 43.8 Å². The molecule has 3 rings (SSSR count). The normalized spacial score (nSPS) is 19.4. The van der Waals surface area contributed by atoms with E-state index in [2.05, 4.69) is 15.3 Å². The molecule has 0 saturated carbocycles. The van der Waals surface area contributed by atoms with E-state index in [1.807, 2.05) is 0 Å². The first-order valence-corrected chi connectivity index (χ1v) is 12.1. The summed E-state index contributed by atoms with van der Waals surface area (Å²) in [7, 11) is 0. The molecule has 2 aliphatic heterocycles. The first-order chi connectivity index (χ1) is 16.9. The maximum atomic E-state index is 13.0. The van der Waals surface area contributed by atoms with E-state index in [0.29, 0.717) is 0 Å². The molecule has 0 unspecified atom stereocenters. The van der Waals surface area contributed by atoms with Crippen LogP contribution in [0.15, 0.2) is 34.6 Å². The Bertz CT molecular complexity index is 1200. The topological polar surface area (TPSA) is 172 Å². The van der Waals surface area contributed by atoms with Crippen molar-refractivity contribution in [2.45, 2.75) is 23.2 Å². The predicted octanol–water partition coefficient (Wildman–Crippen LogP) is 1.40. The number of β-lactam (4-membered cyclic amide) rings is 1. The van der Waals surface area contributed by atoms with Crippen LogP contribution >= 0.6 is 46.6 Å². The highest BCUT2D eigenvalue weighted by Gasteiger charge is 2.54. The molecular weight excluding hydrogens is 565 g/mol. The average Bonchev–Trinajstić information content (AvgIpc) is 2.82. The number of carboxylic acid groups (broad SMARTS) is 1. The summed E-state index contributed by atoms with van der Waals surface area (Å²) in [6, 6.07) is 2.42. The lowest BCUT2D eigenvalue weighted by Crippen LogP contribution is -2.71.